The molecule has 0 atom stereocenters. The zero-order chi connectivity index (χ0) is 12.0. The molecule has 0 aliphatic rings. The van der Waals surface area contributed by atoms with E-state index in [1.165, 1.54) is 11.3 Å². The molecule has 3 rings (SSSR count). The lowest BCUT2D eigenvalue weighted by molar-refractivity contribution is 1.04. The molecule has 3 aromatic heterocycles. The molecule has 17 heavy (non-hydrogen) atoms. The number of H-pyrrole nitrogens is 1. The van der Waals surface area contributed by atoms with Gasteiger partial charge in [0.2, 0.25) is 0 Å². The third kappa shape index (κ3) is 1.76. The van der Waals surface area contributed by atoms with Gasteiger partial charge in [0.25, 0.3) is 5.56 Å². The Labute approximate surface area is 113 Å². The minimum absolute atomic E-state index is 0.162. The molecule has 1 N–H and O–H groups in total. The molecule has 0 saturated heterocycles. The van der Waals surface area contributed by atoms with Crippen molar-refractivity contribution in [1.29, 1.82) is 0 Å². The third-order valence-corrected chi connectivity index (χ3v) is 4.11. The van der Waals surface area contributed by atoms with Crippen LogP contribution in [0.5, 0.6) is 0 Å². The minimum Gasteiger partial charge on any atom is -0.308 e. The lowest BCUT2D eigenvalue weighted by atomic mass is 10.3. The predicted molar refractivity (Wildman–Crippen MR) is 72.8 cm³/mol. The van der Waals surface area contributed by atoms with E-state index >= 15 is 0 Å². The second-order valence-electron chi connectivity index (χ2n) is 3.43. The zero-order valence-electron chi connectivity index (χ0n) is 8.33. The molecule has 0 amide bonds. The maximum atomic E-state index is 11.8. The van der Waals surface area contributed by atoms with Crippen LogP contribution in [0, 0.1) is 0 Å². The molecule has 0 aliphatic heterocycles. The number of pyridine rings is 1. The van der Waals surface area contributed by atoms with Crippen molar-refractivity contribution in [2.75, 3.05) is 0 Å². The van der Waals surface area contributed by atoms with Gasteiger partial charge in [0, 0.05) is 10.7 Å². The summed E-state index contributed by atoms with van der Waals surface area (Å²) in [4.78, 5) is 23.1. The first-order valence-electron chi connectivity index (χ1n) is 4.72. The van der Waals surface area contributed by atoms with Crippen LogP contribution in [0.4, 0.5) is 0 Å². The molecule has 3 aromatic rings. The standard InChI is InChI=1S/C10H5BrClN3OS/c11-4-1-5-7(13-3-4)8-9(17-5)10(16)15-6(2-12)14-8/h1,3H,2H2,(H,14,15,16). The van der Waals surface area contributed by atoms with E-state index in [9.17, 15) is 4.79 Å². The number of aromatic nitrogens is 3. The molecule has 0 aliphatic carbocycles. The lowest BCUT2D eigenvalue weighted by Gasteiger charge is -1.95. The summed E-state index contributed by atoms with van der Waals surface area (Å²) < 4.78 is 2.39. The van der Waals surface area contributed by atoms with Gasteiger partial charge in [0.05, 0.1) is 10.6 Å². The molecule has 0 saturated carbocycles. The van der Waals surface area contributed by atoms with Crippen molar-refractivity contribution in [1.82, 2.24) is 15.0 Å². The summed E-state index contributed by atoms with van der Waals surface area (Å²) in [5, 5.41) is 0. The Hall–Kier alpha value is -0.980. The highest BCUT2D eigenvalue weighted by molar-refractivity contribution is 9.10. The fourth-order valence-corrected chi connectivity index (χ4v) is 3.26. The van der Waals surface area contributed by atoms with Crippen LogP contribution in [-0.2, 0) is 5.88 Å². The van der Waals surface area contributed by atoms with Gasteiger partial charge < -0.3 is 4.98 Å². The van der Waals surface area contributed by atoms with Gasteiger partial charge in [0.15, 0.2) is 0 Å². The summed E-state index contributed by atoms with van der Waals surface area (Å²) in [7, 11) is 0. The van der Waals surface area contributed by atoms with Gasteiger partial charge in [-0.1, -0.05) is 0 Å². The van der Waals surface area contributed by atoms with Gasteiger partial charge in [0.1, 0.15) is 21.6 Å². The second kappa shape index (κ2) is 4.04. The van der Waals surface area contributed by atoms with Gasteiger partial charge in [-0.3, -0.25) is 9.78 Å². The van der Waals surface area contributed by atoms with Crippen LogP contribution in [0.1, 0.15) is 5.82 Å². The van der Waals surface area contributed by atoms with Crippen molar-refractivity contribution < 1.29 is 0 Å². The quantitative estimate of drug-likeness (QED) is 0.698. The Bertz CT molecular complexity index is 782. The Kier molecular flexibility index (Phi) is 2.65. The molecule has 86 valence electrons. The number of hydrogen-bond donors (Lipinski definition) is 1. The average Bonchev–Trinajstić information content (AvgIpc) is 2.67. The van der Waals surface area contributed by atoms with Crippen LogP contribution in [0.15, 0.2) is 21.5 Å². The molecule has 0 fully saturated rings. The SMILES string of the molecule is O=c1[nH]c(CCl)nc2c1sc1cc(Br)cnc12. The number of thiophene rings is 1. The zero-order valence-corrected chi connectivity index (χ0v) is 11.5. The first-order valence-corrected chi connectivity index (χ1v) is 6.86. The molecule has 0 aromatic carbocycles. The van der Waals surface area contributed by atoms with Crippen LogP contribution < -0.4 is 5.56 Å². The smallest absolute Gasteiger partial charge is 0.269 e. The van der Waals surface area contributed by atoms with Gasteiger partial charge in [-0.2, -0.15) is 0 Å². The lowest BCUT2D eigenvalue weighted by Crippen LogP contribution is -2.09. The molecule has 3 heterocycles. The predicted octanol–water partition coefficient (Wildman–Crippen LogP) is 3.03. The second-order valence-corrected chi connectivity index (χ2v) is 5.66. The summed E-state index contributed by atoms with van der Waals surface area (Å²) in [5.74, 6) is 0.646. The molecule has 0 bridgehead atoms. The third-order valence-electron chi connectivity index (χ3n) is 2.31. The molecular formula is C10H5BrClN3OS. The summed E-state index contributed by atoms with van der Waals surface area (Å²) in [6.45, 7) is 0. The van der Waals surface area contributed by atoms with E-state index in [2.05, 4.69) is 30.9 Å². The first-order chi connectivity index (χ1) is 8.19. The summed E-state index contributed by atoms with van der Waals surface area (Å²) in [5.41, 5.74) is 1.20. The molecule has 0 spiro atoms. The van der Waals surface area contributed by atoms with E-state index in [0.717, 1.165) is 14.7 Å². The van der Waals surface area contributed by atoms with E-state index < -0.39 is 0 Å². The number of halogens is 2. The van der Waals surface area contributed by atoms with Crippen LogP contribution >= 0.6 is 38.9 Å². The normalized spacial score (nSPS) is 11.4. The Morgan fingerprint density at radius 1 is 1.47 bits per heavy atom. The topological polar surface area (TPSA) is 58.6 Å². The fraction of sp³-hybridized carbons (Fsp3) is 0.100. The van der Waals surface area contributed by atoms with Crippen molar-refractivity contribution >= 4 is 59.3 Å². The number of rotatable bonds is 1. The van der Waals surface area contributed by atoms with Gasteiger partial charge in [-0.15, -0.1) is 22.9 Å². The van der Waals surface area contributed by atoms with Gasteiger partial charge in [-0.05, 0) is 22.0 Å². The number of hydrogen-bond acceptors (Lipinski definition) is 4. The highest BCUT2D eigenvalue weighted by atomic mass is 79.9. The van der Waals surface area contributed by atoms with Gasteiger partial charge in [-0.25, -0.2) is 4.98 Å². The largest absolute Gasteiger partial charge is 0.308 e. The number of fused-ring (bicyclic) bond motifs is 3. The van der Waals surface area contributed by atoms with Crippen molar-refractivity contribution in [3.8, 4) is 0 Å². The van der Waals surface area contributed by atoms with Crippen LogP contribution in [0.3, 0.4) is 0 Å². The number of nitrogens with one attached hydrogen (secondary N) is 1. The molecule has 0 radical (unpaired) electrons. The van der Waals surface area contributed by atoms with Crippen molar-refractivity contribution in [3.63, 3.8) is 0 Å². The Balaban J connectivity index is 2.52. The Morgan fingerprint density at radius 3 is 3.06 bits per heavy atom. The molecular weight excluding hydrogens is 326 g/mol. The van der Waals surface area contributed by atoms with E-state index in [1.54, 1.807) is 6.20 Å². The van der Waals surface area contributed by atoms with Crippen molar-refractivity contribution in [2.24, 2.45) is 0 Å². The first kappa shape index (κ1) is 11.1. The average molecular weight is 331 g/mol. The number of aromatic amines is 1. The summed E-state index contributed by atoms with van der Waals surface area (Å²) in [6.07, 6.45) is 1.69. The number of nitrogens with zero attached hydrogens (tertiary/aromatic N) is 2. The summed E-state index contributed by atoms with van der Waals surface area (Å²) in [6, 6.07) is 1.93. The van der Waals surface area contributed by atoms with Crippen molar-refractivity contribution in [3.05, 3.63) is 32.9 Å². The minimum atomic E-state index is -0.162. The maximum absolute atomic E-state index is 11.8. The fourth-order valence-electron chi connectivity index (χ4n) is 1.61. The molecule has 7 heteroatoms. The van der Waals surface area contributed by atoms with Crippen LogP contribution in [0.2, 0.25) is 0 Å². The molecule has 0 unspecified atom stereocenters. The highest BCUT2D eigenvalue weighted by Crippen LogP contribution is 2.30. The monoisotopic (exact) mass is 329 g/mol. The van der Waals surface area contributed by atoms with Crippen LogP contribution in [-0.4, -0.2) is 15.0 Å². The summed E-state index contributed by atoms with van der Waals surface area (Å²) >= 11 is 10.4. The van der Waals surface area contributed by atoms with E-state index in [4.69, 9.17) is 11.6 Å². The molecule has 4 nitrogen and oxygen atoms in total. The van der Waals surface area contributed by atoms with E-state index in [-0.39, 0.29) is 11.4 Å². The van der Waals surface area contributed by atoms with Crippen LogP contribution in [0.25, 0.3) is 20.4 Å². The highest BCUT2D eigenvalue weighted by Gasteiger charge is 2.12. The Morgan fingerprint density at radius 2 is 2.29 bits per heavy atom. The van der Waals surface area contributed by atoms with E-state index in [1.807, 2.05) is 6.07 Å². The van der Waals surface area contributed by atoms with Crippen molar-refractivity contribution in [2.45, 2.75) is 5.88 Å². The van der Waals surface area contributed by atoms with E-state index in [0.29, 0.717) is 16.0 Å². The van der Waals surface area contributed by atoms with Gasteiger partial charge >= 0.3 is 0 Å². The number of alkyl halides is 1. The maximum Gasteiger partial charge on any atom is 0.269 e.